The number of carbonyl (C=O) groups excluding carboxylic acids is 2. The molecule has 1 amide bonds. The molecule has 0 aliphatic carbocycles. The summed E-state index contributed by atoms with van der Waals surface area (Å²) in [6.07, 6.45) is 0.713. The molecular formula is C24H27NO4. The molecule has 5 nitrogen and oxygen atoms in total. The van der Waals surface area contributed by atoms with Gasteiger partial charge in [0.2, 0.25) is 0 Å². The lowest BCUT2D eigenvalue weighted by Gasteiger charge is -2.25. The molecule has 152 valence electrons. The van der Waals surface area contributed by atoms with Crippen LogP contribution in [0.3, 0.4) is 0 Å². The number of aliphatic hydroxyl groups excluding tert-OH is 1. The van der Waals surface area contributed by atoms with Crippen molar-refractivity contribution in [1.82, 2.24) is 4.90 Å². The summed E-state index contributed by atoms with van der Waals surface area (Å²) in [4.78, 5) is 27.0. The Kier molecular flexibility index (Phi) is 6.37. The first-order valence-corrected chi connectivity index (χ1v) is 10.0. The Balaban J connectivity index is 2.03. The van der Waals surface area contributed by atoms with Gasteiger partial charge in [0, 0.05) is 12.1 Å². The minimum absolute atomic E-state index is 0.130. The van der Waals surface area contributed by atoms with Crippen molar-refractivity contribution in [2.75, 3.05) is 13.2 Å². The first kappa shape index (κ1) is 20.6. The maximum atomic E-state index is 12.8. The Morgan fingerprint density at radius 1 is 1.07 bits per heavy atom. The van der Waals surface area contributed by atoms with Gasteiger partial charge in [-0.3, -0.25) is 9.59 Å². The van der Waals surface area contributed by atoms with E-state index in [0.29, 0.717) is 31.1 Å². The quantitative estimate of drug-likeness (QED) is 0.426. The van der Waals surface area contributed by atoms with E-state index >= 15 is 0 Å². The Morgan fingerprint density at radius 2 is 1.72 bits per heavy atom. The zero-order chi connectivity index (χ0) is 21.0. The van der Waals surface area contributed by atoms with E-state index in [4.69, 9.17) is 4.74 Å². The van der Waals surface area contributed by atoms with Crippen molar-refractivity contribution in [3.05, 3.63) is 71.3 Å². The predicted molar refractivity (Wildman–Crippen MR) is 113 cm³/mol. The second kappa shape index (κ2) is 8.95. The van der Waals surface area contributed by atoms with Crippen LogP contribution in [0.25, 0.3) is 5.76 Å². The number of hydrogen-bond acceptors (Lipinski definition) is 4. The smallest absolute Gasteiger partial charge is 0.295 e. The van der Waals surface area contributed by atoms with Gasteiger partial charge in [-0.25, -0.2) is 0 Å². The number of carbonyl (C=O) groups is 2. The van der Waals surface area contributed by atoms with Crippen molar-refractivity contribution in [2.24, 2.45) is 5.92 Å². The summed E-state index contributed by atoms with van der Waals surface area (Å²) >= 11 is 0. The van der Waals surface area contributed by atoms with E-state index in [2.05, 4.69) is 13.8 Å². The first-order valence-electron chi connectivity index (χ1n) is 10.0. The van der Waals surface area contributed by atoms with Gasteiger partial charge in [-0.2, -0.15) is 0 Å². The number of hydrogen-bond donors (Lipinski definition) is 1. The molecule has 5 heteroatoms. The van der Waals surface area contributed by atoms with E-state index in [1.54, 1.807) is 29.2 Å². The molecule has 0 saturated carbocycles. The van der Waals surface area contributed by atoms with Gasteiger partial charge in [-0.05, 0) is 30.0 Å². The molecule has 0 radical (unpaired) electrons. The van der Waals surface area contributed by atoms with Gasteiger partial charge in [0.1, 0.15) is 11.5 Å². The summed E-state index contributed by atoms with van der Waals surface area (Å²) in [6.45, 7) is 7.16. The van der Waals surface area contributed by atoms with Crippen LogP contribution < -0.4 is 4.74 Å². The number of nitrogens with zero attached hydrogens (tertiary/aromatic N) is 1. The fourth-order valence-electron chi connectivity index (χ4n) is 3.46. The molecule has 1 fully saturated rings. The minimum Gasteiger partial charge on any atom is -0.507 e. The topological polar surface area (TPSA) is 66.8 Å². The molecular weight excluding hydrogens is 366 g/mol. The highest BCUT2D eigenvalue weighted by atomic mass is 16.5. The molecule has 1 N–H and O–H groups in total. The Morgan fingerprint density at radius 3 is 2.31 bits per heavy atom. The van der Waals surface area contributed by atoms with Crippen LogP contribution >= 0.6 is 0 Å². The van der Waals surface area contributed by atoms with Crippen molar-refractivity contribution in [2.45, 2.75) is 33.2 Å². The maximum absolute atomic E-state index is 12.8. The number of Topliss-reactive ketones (excluding diaryl/α,β-unsaturated/α-hetero) is 1. The summed E-state index contributed by atoms with van der Waals surface area (Å²) in [7, 11) is 0. The molecule has 1 aliphatic heterocycles. The van der Waals surface area contributed by atoms with E-state index in [0.717, 1.165) is 11.3 Å². The molecule has 29 heavy (non-hydrogen) atoms. The molecule has 2 aromatic rings. The number of ether oxygens (including phenoxy) is 1. The summed E-state index contributed by atoms with van der Waals surface area (Å²) in [5.41, 5.74) is 1.42. The lowest BCUT2D eigenvalue weighted by Crippen LogP contribution is -2.30. The normalized spacial score (nSPS) is 18.5. The summed E-state index contributed by atoms with van der Waals surface area (Å²) in [5.74, 6) is -0.220. The van der Waals surface area contributed by atoms with E-state index in [1.165, 1.54) is 0 Å². The average molecular weight is 393 g/mol. The molecule has 0 bridgehead atoms. The number of aliphatic hydroxyl groups is 1. The highest BCUT2D eigenvalue weighted by Gasteiger charge is 2.45. The first-order chi connectivity index (χ1) is 13.9. The highest BCUT2D eigenvalue weighted by molar-refractivity contribution is 6.46. The monoisotopic (exact) mass is 393 g/mol. The van der Waals surface area contributed by atoms with Gasteiger partial charge in [0.25, 0.3) is 11.7 Å². The van der Waals surface area contributed by atoms with Gasteiger partial charge >= 0.3 is 0 Å². The number of likely N-dealkylation sites (tertiary alicyclic amines) is 1. The van der Waals surface area contributed by atoms with E-state index in [1.807, 2.05) is 37.3 Å². The van der Waals surface area contributed by atoms with Gasteiger partial charge in [-0.1, -0.05) is 63.2 Å². The lowest BCUT2D eigenvalue weighted by molar-refractivity contribution is -0.139. The second-order valence-electron chi connectivity index (χ2n) is 7.63. The van der Waals surface area contributed by atoms with Crippen LogP contribution in [0.4, 0.5) is 0 Å². The molecule has 2 aromatic carbocycles. The number of ketones is 1. The van der Waals surface area contributed by atoms with Crippen molar-refractivity contribution >= 4 is 17.4 Å². The third-order valence-electron chi connectivity index (χ3n) is 4.83. The number of amides is 1. The second-order valence-corrected chi connectivity index (χ2v) is 7.63. The average Bonchev–Trinajstić information content (AvgIpc) is 2.98. The van der Waals surface area contributed by atoms with Crippen molar-refractivity contribution < 1.29 is 19.4 Å². The molecule has 0 aromatic heterocycles. The van der Waals surface area contributed by atoms with Gasteiger partial charge in [0.05, 0.1) is 18.2 Å². The predicted octanol–water partition coefficient (Wildman–Crippen LogP) is 4.55. The van der Waals surface area contributed by atoms with Crippen LogP contribution in [-0.4, -0.2) is 34.8 Å². The van der Waals surface area contributed by atoms with Crippen LogP contribution in [0, 0.1) is 5.92 Å². The zero-order valence-electron chi connectivity index (χ0n) is 17.1. The highest BCUT2D eigenvalue weighted by Crippen LogP contribution is 2.39. The molecule has 1 heterocycles. The van der Waals surface area contributed by atoms with E-state index < -0.39 is 17.7 Å². The minimum atomic E-state index is -0.648. The number of rotatable bonds is 7. The fourth-order valence-corrected chi connectivity index (χ4v) is 3.46. The van der Waals surface area contributed by atoms with Crippen LogP contribution in [0.15, 0.2) is 60.2 Å². The van der Waals surface area contributed by atoms with E-state index in [9.17, 15) is 14.7 Å². The molecule has 1 saturated heterocycles. The third kappa shape index (κ3) is 4.34. The van der Waals surface area contributed by atoms with Gasteiger partial charge in [-0.15, -0.1) is 0 Å². The van der Waals surface area contributed by atoms with Crippen molar-refractivity contribution in [3.8, 4) is 5.75 Å². The molecule has 1 atom stereocenters. The molecule has 1 aliphatic rings. The van der Waals surface area contributed by atoms with Crippen LogP contribution in [-0.2, 0) is 9.59 Å². The summed E-state index contributed by atoms with van der Waals surface area (Å²) < 4.78 is 5.74. The van der Waals surface area contributed by atoms with Crippen LogP contribution in [0.5, 0.6) is 5.75 Å². The standard InChI is InChI=1S/C24H27NO4/c1-4-14-25-21(17-10-12-19(13-11-17)29-15-16(2)3)20(23(27)24(25)28)22(26)18-8-6-5-7-9-18/h5-13,16,21,26H,4,14-15H2,1-3H3/b22-20-. The SMILES string of the molecule is CCCN1C(=O)C(=O)/C(=C(\O)c2ccccc2)C1c1ccc(OCC(C)C)cc1. The Labute approximate surface area is 171 Å². The van der Waals surface area contributed by atoms with E-state index in [-0.39, 0.29) is 11.3 Å². The maximum Gasteiger partial charge on any atom is 0.295 e. The summed E-state index contributed by atoms with van der Waals surface area (Å²) in [5, 5.41) is 10.9. The van der Waals surface area contributed by atoms with Crippen molar-refractivity contribution in [3.63, 3.8) is 0 Å². The van der Waals surface area contributed by atoms with Gasteiger partial charge < -0.3 is 14.7 Å². The third-order valence-corrected chi connectivity index (χ3v) is 4.83. The molecule has 0 spiro atoms. The van der Waals surface area contributed by atoms with Crippen LogP contribution in [0.1, 0.15) is 44.4 Å². The summed E-state index contributed by atoms with van der Waals surface area (Å²) in [6, 6.07) is 15.6. The Bertz CT molecular complexity index is 900. The van der Waals surface area contributed by atoms with Crippen LogP contribution in [0.2, 0.25) is 0 Å². The lowest BCUT2D eigenvalue weighted by atomic mass is 9.95. The molecule has 3 rings (SSSR count). The molecule has 1 unspecified atom stereocenters. The fraction of sp³-hybridized carbons (Fsp3) is 0.333. The van der Waals surface area contributed by atoms with Gasteiger partial charge in [0.15, 0.2) is 0 Å². The zero-order valence-corrected chi connectivity index (χ0v) is 17.1. The Hall–Kier alpha value is -3.08. The largest absolute Gasteiger partial charge is 0.507 e. The number of benzene rings is 2. The van der Waals surface area contributed by atoms with Crippen molar-refractivity contribution in [1.29, 1.82) is 0 Å².